The van der Waals surface area contributed by atoms with Gasteiger partial charge in [0.05, 0.1) is 4.90 Å². The third-order valence-corrected chi connectivity index (χ3v) is 8.11. The standard InChI is InChI=1S/C21H33N3O3S/c1-3-23-16-12-19(13-17-23)22(2)21(25)11-8-18-6-9-20(10-7-18)28(26,27)24-14-4-5-15-24/h6-7,9-10,19H,3-5,8,11-17H2,1-2H3. The first-order valence-electron chi connectivity index (χ1n) is 10.5. The second-order valence-electron chi connectivity index (χ2n) is 7.93. The summed E-state index contributed by atoms with van der Waals surface area (Å²) in [5.41, 5.74) is 1.00. The fourth-order valence-corrected chi connectivity index (χ4v) is 5.68. The largest absolute Gasteiger partial charge is 0.343 e. The maximum absolute atomic E-state index is 12.6. The van der Waals surface area contributed by atoms with Crippen LogP contribution in [0, 0.1) is 0 Å². The summed E-state index contributed by atoms with van der Waals surface area (Å²) in [5, 5.41) is 0. The normalized spacial score (nSPS) is 19.8. The van der Waals surface area contributed by atoms with Gasteiger partial charge in [0.25, 0.3) is 0 Å². The molecule has 2 fully saturated rings. The van der Waals surface area contributed by atoms with Crippen molar-refractivity contribution in [1.82, 2.24) is 14.1 Å². The Labute approximate surface area is 169 Å². The molecule has 1 aromatic carbocycles. The van der Waals surface area contributed by atoms with Crippen molar-refractivity contribution >= 4 is 15.9 Å². The molecular formula is C21H33N3O3S. The predicted octanol–water partition coefficient (Wildman–Crippen LogP) is 2.35. The van der Waals surface area contributed by atoms with Crippen LogP contribution in [0.1, 0.15) is 44.6 Å². The first kappa shape index (κ1) is 21.3. The third kappa shape index (κ3) is 4.93. The van der Waals surface area contributed by atoms with Crippen molar-refractivity contribution in [3.05, 3.63) is 29.8 Å². The lowest BCUT2D eigenvalue weighted by atomic mass is 10.0. The monoisotopic (exact) mass is 407 g/mol. The van der Waals surface area contributed by atoms with Gasteiger partial charge in [0.2, 0.25) is 15.9 Å². The van der Waals surface area contributed by atoms with E-state index in [1.807, 2.05) is 24.1 Å². The number of amides is 1. The maximum Gasteiger partial charge on any atom is 0.243 e. The van der Waals surface area contributed by atoms with Gasteiger partial charge in [0, 0.05) is 45.7 Å². The summed E-state index contributed by atoms with van der Waals surface area (Å²) in [4.78, 5) is 17.3. The van der Waals surface area contributed by atoms with Gasteiger partial charge in [-0.15, -0.1) is 0 Å². The maximum atomic E-state index is 12.6. The van der Waals surface area contributed by atoms with Gasteiger partial charge in [-0.3, -0.25) is 4.79 Å². The molecule has 0 aromatic heterocycles. The Morgan fingerprint density at radius 3 is 2.25 bits per heavy atom. The summed E-state index contributed by atoms with van der Waals surface area (Å²) >= 11 is 0. The van der Waals surface area contributed by atoms with Gasteiger partial charge in [-0.25, -0.2) is 8.42 Å². The molecule has 0 aliphatic carbocycles. The average molecular weight is 408 g/mol. The van der Waals surface area contributed by atoms with Crippen molar-refractivity contribution in [3.63, 3.8) is 0 Å². The van der Waals surface area contributed by atoms with Crippen LogP contribution < -0.4 is 0 Å². The number of carbonyl (C=O) groups excluding carboxylic acids is 1. The summed E-state index contributed by atoms with van der Waals surface area (Å²) in [6.45, 7) is 6.60. The highest BCUT2D eigenvalue weighted by Crippen LogP contribution is 2.22. The van der Waals surface area contributed by atoms with Gasteiger partial charge in [0.1, 0.15) is 0 Å². The van der Waals surface area contributed by atoms with Gasteiger partial charge < -0.3 is 9.80 Å². The van der Waals surface area contributed by atoms with Gasteiger partial charge >= 0.3 is 0 Å². The SMILES string of the molecule is CCN1CCC(N(C)C(=O)CCc2ccc(S(=O)(=O)N3CCCC3)cc2)CC1. The van der Waals surface area contributed by atoms with Crippen LogP contribution in [0.4, 0.5) is 0 Å². The highest BCUT2D eigenvalue weighted by molar-refractivity contribution is 7.89. The fourth-order valence-electron chi connectivity index (χ4n) is 4.16. The molecule has 6 nitrogen and oxygen atoms in total. The highest BCUT2D eigenvalue weighted by atomic mass is 32.2. The minimum atomic E-state index is -3.37. The minimum absolute atomic E-state index is 0.170. The summed E-state index contributed by atoms with van der Waals surface area (Å²) in [5.74, 6) is 0.170. The van der Waals surface area contributed by atoms with Crippen LogP contribution in [-0.4, -0.2) is 74.2 Å². The van der Waals surface area contributed by atoms with E-state index >= 15 is 0 Å². The zero-order chi connectivity index (χ0) is 20.1. The van der Waals surface area contributed by atoms with Gasteiger partial charge in [-0.2, -0.15) is 4.31 Å². The van der Waals surface area contributed by atoms with E-state index in [9.17, 15) is 13.2 Å². The van der Waals surface area contributed by atoms with E-state index in [1.165, 1.54) is 0 Å². The van der Waals surface area contributed by atoms with Crippen molar-refractivity contribution in [3.8, 4) is 0 Å². The van der Waals surface area contributed by atoms with Crippen LogP contribution in [0.2, 0.25) is 0 Å². The second kappa shape index (κ2) is 9.37. The first-order valence-corrected chi connectivity index (χ1v) is 11.9. The smallest absolute Gasteiger partial charge is 0.243 e. The molecule has 156 valence electrons. The number of likely N-dealkylation sites (tertiary alicyclic amines) is 1. The lowest BCUT2D eigenvalue weighted by Crippen LogP contribution is -2.45. The molecule has 1 aromatic rings. The average Bonchev–Trinajstić information content (AvgIpc) is 3.27. The van der Waals surface area contributed by atoms with E-state index in [-0.39, 0.29) is 5.91 Å². The lowest BCUT2D eigenvalue weighted by molar-refractivity contribution is -0.132. The Balaban J connectivity index is 1.51. The van der Waals surface area contributed by atoms with E-state index in [4.69, 9.17) is 0 Å². The van der Waals surface area contributed by atoms with Crippen molar-refractivity contribution < 1.29 is 13.2 Å². The molecule has 3 rings (SSSR count). The zero-order valence-electron chi connectivity index (χ0n) is 17.1. The third-order valence-electron chi connectivity index (χ3n) is 6.20. The molecule has 2 heterocycles. The molecular weight excluding hydrogens is 374 g/mol. The molecule has 0 saturated carbocycles. The highest BCUT2D eigenvalue weighted by Gasteiger charge is 2.27. The molecule has 2 saturated heterocycles. The first-order chi connectivity index (χ1) is 13.4. The number of sulfonamides is 1. The van der Waals surface area contributed by atoms with Crippen molar-refractivity contribution in [2.45, 2.75) is 56.4 Å². The summed E-state index contributed by atoms with van der Waals surface area (Å²) in [7, 11) is -1.45. The van der Waals surface area contributed by atoms with Gasteiger partial charge in [0.15, 0.2) is 0 Å². The Bertz CT molecular complexity index is 750. The number of aryl methyl sites for hydroxylation is 1. The molecule has 28 heavy (non-hydrogen) atoms. The Kier molecular flexibility index (Phi) is 7.12. The van der Waals surface area contributed by atoms with E-state index < -0.39 is 10.0 Å². The van der Waals surface area contributed by atoms with E-state index in [0.717, 1.165) is 50.9 Å². The zero-order valence-corrected chi connectivity index (χ0v) is 18.0. The fraction of sp³-hybridized carbons (Fsp3) is 0.667. The van der Waals surface area contributed by atoms with Crippen molar-refractivity contribution in [2.24, 2.45) is 0 Å². The molecule has 0 radical (unpaired) electrons. The molecule has 7 heteroatoms. The summed E-state index contributed by atoms with van der Waals surface area (Å²) < 4.78 is 26.7. The molecule has 0 unspecified atom stereocenters. The van der Waals surface area contributed by atoms with Crippen LogP contribution in [0.15, 0.2) is 29.2 Å². The Morgan fingerprint density at radius 2 is 1.68 bits per heavy atom. The molecule has 0 atom stereocenters. The quantitative estimate of drug-likeness (QED) is 0.696. The van der Waals surface area contributed by atoms with Crippen LogP contribution >= 0.6 is 0 Å². The van der Waals surface area contributed by atoms with E-state index in [1.54, 1.807) is 16.4 Å². The molecule has 2 aliphatic heterocycles. The Hall–Kier alpha value is -1.44. The number of benzene rings is 1. The summed E-state index contributed by atoms with van der Waals surface area (Å²) in [6.07, 6.45) is 5.05. The molecule has 0 bridgehead atoms. The van der Waals surface area contributed by atoms with E-state index in [2.05, 4.69) is 11.8 Å². The minimum Gasteiger partial charge on any atom is -0.343 e. The van der Waals surface area contributed by atoms with E-state index in [0.29, 0.717) is 36.9 Å². The molecule has 0 spiro atoms. The van der Waals surface area contributed by atoms with Gasteiger partial charge in [-0.1, -0.05) is 19.1 Å². The molecule has 2 aliphatic rings. The number of hydrogen-bond acceptors (Lipinski definition) is 4. The Morgan fingerprint density at radius 1 is 1.07 bits per heavy atom. The second-order valence-corrected chi connectivity index (χ2v) is 9.86. The van der Waals surface area contributed by atoms with Crippen molar-refractivity contribution in [2.75, 3.05) is 39.8 Å². The topological polar surface area (TPSA) is 60.9 Å². The van der Waals surface area contributed by atoms with Crippen LogP contribution in [-0.2, 0) is 21.2 Å². The van der Waals surface area contributed by atoms with Crippen molar-refractivity contribution in [1.29, 1.82) is 0 Å². The summed E-state index contributed by atoms with van der Waals surface area (Å²) in [6, 6.07) is 7.38. The number of rotatable bonds is 7. The lowest BCUT2D eigenvalue weighted by Gasteiger charge is -2.36. The van der Waals surface area contributed by atoms with Crippen LogP contribution in [0.3, 0.4) is 0 Å². The number of nitrogens with zero attached hydrogens (tertiary/aromatic N) is 3. The number of hydrogen-bond donors (Lipinski definition) is 0. The van der Waals surface area contributed by atoms with Crippen LogP contribution in [0.25, 0.3) is 0 Å². The van der Waals surface area contributed by atoms with Gasteiger partial charge in [-0.05, 0) is 56.3 Å². The number of piperidine rings is 1. The molecule has 0 N–H and O–H groups in total. The van der Waals surface area contributed by atoms with Crippen LogP contribution in [0.5, 0.6) is 0 Å². The number of carbonyl (C=O) groups is 1. The molecule has 1 amide bonds. The predicted molar refractivity (Wildman–Crippen MR) is 111 cm³/mol.